The van der Waals surface area contributed by atoms with Crippen molar-refractivity contribution in [2.45, 2.75) is 43.4 Å². The van der Waals surface area contributed by atoms with Crippen LogP contribution in [0.4, 0.5) is 5.13 Å². The molecule has 2 aromatic rings. The van der Waals surface area contributed by atoms with Gasteiger partial charge in [0.2, 0.25) is 15.2 Å². The van der Waals surface area contributed by atoms with E-state index in [0.29, 0.717) is 24.1 Å². The Bertz CT molecular complexity index is 908. The lowest BCUT2D eigenvalue weighted by Crippen LogP contribution is -2.28. The van der Waals surface area contributed by atoms with Gasteiger partial charge in [-0.15, -0.1) is 10.2 Å². The van der Waals surface area contributed by atoms with Gasteiger partial charge >= 0.3 is 0 Å². The molecule has 4 rings (SSSR count). The van der Waals surface area contributed by atoms with Crippen LogP contribution in [0, 0.1) is 6.92 Å². The Morgan fingerprint density at radius 3 is 2.72 bits per heavy atom. The van der Waals surface area contributed by atoms with E-state index in [2.05, 4.69) is 15.5 Å². The average Bonchev–Trinajstić information content (AvgIpc) is 3.00. The number of nitrogens with zero attached hydrogens (tertiary/aromatic N) is 3. The summed E-state index contributed by atoms with van der Waals surface area (Å²) in [5, 5.41) is 12.0. The first kappa shape index (κ1) is 16.7. The SMILES string of the molecule is Cc1oc(C(=O)Nc2nnc(C3CC3)s2)cc1S(=O)(=O)N1CCCC1. The minimum absolute atomic E-state index is 0.0431. The number of carbonyl (C=O) groups excluding carboxylic acids is 1. The minimum atomic E-state index is -3.62. The van der Waals surface area contributed by atoms with Crippen LogP contribution in [0.1, 0.15) is 52.9 Å². The van der Waals surface area contributed by atoms with Gasteiger partial charge in [0.25, 0.3) is 5.91 Å². The number of aryl methyl sites for hydroxylation is 1. The molecule has 1 saturated heterocycles. The number of sulfonamides is 1. The van der Waals surface area contributed by atoms with Gasteiger partial charge in [-0.25, -0.2) is 8.42 Å². The van der Waals surface area contributed by atoms with Crippen molar-refractivity contribution in [1.82, 2.24) is 14.5 Å². The van der Waals surface area contributed by atoms with Crippen molar-refractivity contribution in [3.05, 3.63) is 22.6 Å². The minimum Gasteiger partial charge on any atom is -0.455 e. The zero-order valence-electron chi connectivity index (χ0n) is 13.7. The molecule has 0 bridgehead atoms. The standard InChI is InChI=1S/C15H18N4O4S2/c1-9-12(25(21,22)19-6-2-3-7-19)8-11(23-9)13(20)16-15-18-17-14(24-15)10-4-5-10/h8,10H,2-7H2,1H3,(H,16,18,20). The fraction of sp³-hybridized carbons (Fsp3) is 0.533. The van der Waals surface area contributed by atoms with Gasteiger partial charge in [0, 0.05) is 25.1 Å². The predicted molar refractivity (Wildman–Crippen MR) is 91.3 cm³/mol. The zero-order chi connectivity index (χ0) is 17.6. The first-order valence-corrected chi connectivity index (χ1v) is 10.5. The van der Waals surface area contributed by atoms with Crippen LogP contribution in [0.5, 0.6) is 0 Å². The molecule has 8 nitrogen and oxygen atoms in total. The number of nitrogens with one attached hydrogen (secondary N) is 1. The molecule has 0 unspecified atom stereocenters. The highest BCUT2D eigenvalue weighted by atomic mass is 32.2. The maximum atomic E-state index is 12.6. The number of amides is 1. The van der Waals surface area contributed by atoms with E-state index in [1.165, 1.54) is 21.7 Å². The van der Waals surface area contributed by atoms with Gasteiger partial charge in [-0.05, 0) is 32.6 Å². The van der Waals surface area contributed by atoms with E-state index < -0.39 is 15.9 Å². The number of rotatable bonds is 5. The summed E-state index contributed by atoms with van der Waals surface area (Å²) in [6.07, 6.45) is 3.92. The fourth-order valence-corrected chi connectivity index (χ4v) is 5.43. The molecule has 10 heteroatoms. The highest BCUT2D eigenvalue weighted by Gasteiger charge is 2.32. The monoisotopic (exact) mass is 382 g/mol. The molecule has 3 heterocycles. The molecule has 0 aromatic carbocycles. The Morgan fingerprint density at radius 1 is 1.32 bits per heavy atom. The highest BCUT2D eigenvalue weighted by molar-refractivity contribution is 7.89. The molecule has 1 aliphatic heterocycles. The van der Waals surface area contributed by atoms with Crippen LogP contribution in [0.15, 0.2) is 15.4 Å². The Morgan fingerprint density at radius 2 is 2.04 bits per heavy atom. The lowest BCUT2D eigenvalue weighted by molar-refractivity contribution is 0.0995. The quantitative estimate of drug-likeness (QED) is 0.851. The van der Waals surface area contributed by atoms with Gasteiger partial charge in [0.15, 0.2) is 5.76 Å². The van der Waals surface area contributed by atoms with Crippen LogP contribution in [0.25, 0.3) is 0 Å². The summed E-state index contributed by atoms with van der Waals surface area (Å²) in [5.41, 5.74) is 0. The highest BCUT2D eigenvalue weighted by Crippen LogP contribution is 2.42. The first-order valence-electron chi connectivity index (χ1n) is 8.20. The summed E-state index contributed by atoms with van der Waals surface area (Å²) >= 11 is 1.34. The lowest BCUT2D eigenvalue weighted by Gasteiger charge is -2.14. The number of anilines is 1. The Hall–Kier alpha value is -1.78. The molecule has 2 aromatic heterocycles. The maximum Gasteiger partial charge on any atom is 0.293 e. The third kappa shape index (κ3) is 3.21. The maximum absolute atomic E-state index is 12.6. The van der Waals surface area contributed by atoms with Crippen molar-refractivity contribution in [3.8, 4) is 0 Å². The zero-order valence-corrected chi connectivity index (χ0v) is 15.3. The number of furan rings is 1. The van der Waals surface area contributed by atoms with Gasteiger partial charge in [0.1, 0.15) is 15.7 Å². The molecule has 1 saturated carbocycles. The number of carbonyl (C=O) groups is 1. The third-order valence-corrected chi connectivity index (χ3v) is 7.37. The lowest BCUT2D eigenvalue weighted by atomic mass is 10.4. The summed E-state index contributed by atoms with van der Waals surface area (Å²) in [4.78, 5) is 12.4. The second-order valence-electron chi connectivity index (χ2n) is 6.32. The van der Waals surface area contributed by atoms with Crippen molar-refractivity contribution in [1.29, 1.82) is 0 Å². The summed E-state index contributed by atoms with van der Waals surface area (Å²) in [7, 11) is -3.62. The van der Waals surface area contributed by atoms with Crippen molar-refractivity contribution in [2.75, 3.05) is 18.4 Å². The molecular weight excluding hydrogens is 364 g/mol. The molecule has 0 spiro atoms. The van der Waals surface area contributed by atoms with Crippen LogP contribution in [0.3, 0.4) is 0 Å². The molecule has 1 aliphatic carbocycles. The Labute approximate surface area is 149 Å². The van der Waals surface area contributed by atoms with E-state index in [9.17, 15) is 13.2 Å². The molecule has 25 heavy (non-hydrogen) atoms. The molecule has 0 radical (unpaired) electrons. The van der Waals surface area contributed by atoms with E-state index in [1.807, 2.05) is 0 Å². The number of hydrogen-bond acceptors (Lipinski definition) is 7. The summed E-state index contributed by atoms with van der Waals surface area (Å²) < 4.78 is 32.1. The second kappa shape index (κ2) is 6.19. The Kier molecular flexibility index (Phi) is 4.13. The van der Waals surface area contributed by atoms with Crippen LogP contribution in [-0.4, -0.2) is 41.9 Å². The van der Waals surface area contributed by atoms with E-state index in [1.54, 1.807) is 6.92 Å². The molecule has 2 fully saturated rings. The number of hydrogen-bond donors (Lipinski definition) is 1. The smallest absolute Gasteiger partial charge is 0.293 e. The third-order valence-electron chi connectivity index (χ3n) is 4.37. The van der Waals surface area contributed by atoms with Crippen LogP contribution in [-0.2, 0) is 10.0 Å². The van der Waals surface area contributed by atoms with E-state index in [0.717, 1.165) is 30.7 Å². The average molecular weight is 382 g/mol. The molecule has 1 N–H and O–H groups in total. The summed E-state index contributed by atoms with van der Waals surface area (Å²) in [6, 6.07) is 1.29. The normalized spacial score (nSPS) is 18.6. The van der Waals surface area contributed by atoms with E-state index in [-0.39, 0.29) is 16.4 Å². The molecule has 134 valence electrons. The topological polar surface area (TPSA) is 105 Å². The van der Waals surface area contributed by atoms with Gasteiger partial charge in [-0.3, -0.25) is 10.1 Å². The largest absolute Gasteiger partial charge is 0.455 e. The van der Waals surface area contributed by atoms with E-state index >= 15 is 0 Å². The summed E-state index contributed by atoms with van der Waals surface area (Å²) in [6.45, 7) is 2.56. The van der Waals surface area contributed by atoms with Crippen molar-refractivity contribution >= 4 is 32.4 Å². The van der Waals surface area contributed by atoms with Crippen LogP contribution >= 0.6 is 11.3 Å². The van der Waals surface area contributed by atoms with Crippen molar-refractivity contribution < 1.29 is 17.6 Å². The summed E-state index contributed by atoms with van der Waals surface area (Å²) in [5.74, 6) is 0.113. The van der Waals surface area contributed by atoms with Crippen molar-refractivity contribution in [2.24, 2.45) is 0 Å². The molecule has 0 atom stereocenters. The van der Waals surface area contributed by atoms with Gasteiger partial charge in [0.05, 0.1) is 0 Å². The molecular formula is C15H18N4O4S2. The van der Waals surface area contributed by atoms with E-state index in [4.69, 9.17) is 4.42 Å². The van der Waals surface area contributed by atoms with Gasteiger partial charge < -0.3 is 4.42 Å². The Balaban J connectivity index is 1.53. The van der Waals surface area contributed by atoms with Crippen LogP contribution in [0.2, 0.25) is 0 Å². The molecule has 1 amide bonds. The van der Waals surface area contributed by atoms with Crippen molar-refractivity contribution in [3.63, 3.8) is 0 Å². The number of aromatic nitrogens is 2. The van der Waals surface area contributed by atoms with Gasteiger partial charge in [-0.2, -0.15) is 4.31 Å². The fourth-order valence-electron chi connectivity index (χ4n) is 2.84. The van der Waals surface area contributed by atoms with Gasteiger partial charge in [-0.1, -0.05) is 11.3 Å². The molecule has 2 aliphatic rings. The second-order valence-corrected chi connectivity index (χ2v) is 9.23. The first-order chi connectivity index (χ1) is 11.9. The predicted octanol–water partition coefficient (Wildman–Crippen LogP) is 2.35. The van der Waals surface area contributed by atoms with Crippen LogP contribution < -0.4 is 5.32 Å².